The molecular formula is C15H17N5O5S. The van der Waals surface area contributed by atoms with Gasteiger partial charge < -0.3 is 10.6 Å². The highest BCUT2D eigenvalue weighted by atomic mass is 32.2. The van der Waals surface area contributed by atoms with Gasteiger partial charge in [-0.15, -0.1) is 0 Å². The average molecular weight is 379 g/mol. The number of sulfonamides is 1. The van der Waals surface area contributed by atoms with E-state index in [1.54, 1.807) is 0 Å². The molecule has 0 radical (unpaired) electrons. The molecule has 1 heterocycles. The van der Waals surface area contributed by atoms with Crippen molar-refractivity contribution in [3.63, 3.8) is 0 Å². The van der Waals surface area contributed by atoms with Crippen molar-refractivity contribution in [1.82, 2.24) is 20.8 Å². The van der Waals surface area contributed by atoms with E-state index < -0.39 is 21.5 Å². The van der Waals surface area contributed by atoms with E-state index in [0.29, 0.717) is 11.3 Å². The van der Waals surface area contributed by atoms with Crippen molar-refractivity contribution in [3.8, 4) is 0 Å². The third-order valence-electron chi connectivity index (χ3n) is 3.06. The molecule has 0 aliphatic carbocycles. The molecule has 11 heteroatoms. The summed E-state index contributed by atoms with van der Waals surface area (Å²) < 4.78 is 24.5. The van der Waals surface area contributed by atoms with Crippen LogP contribution in [0.1, 0.15) is 20.8 Å². The summed E-state index contributed by atoms with van der Waals surface area (Å²) in [4.78, 5) is 34.6. The van der Waals surface area contributed by atoms with Gasteiger partial charge in [0.2, 0.25) is 10.0 Å². The lowest BCUT2D eigenvalue weighted by Crippen LogP contribution is -2.35. The fraction of sp³-hybridized carbons (Fsp3) is 0.200. The molecule has 0 spiro atoms. The minimum absolute atomic E-state index is 0.0601. The Bertz CT molecular complexity index is 933. The van der Waals surface area contributed by atoms with E-state index in [-0.39, 0.29) is 24.7 Å². The van der Waals surface area contributed by atoms with E-state index in [0.717, 1.165) is 6.26 Å². The number of carbonyl (C=O) groups is 2. The fourth-order valence-corrected chi connectivity index (χ4v) is 2.48. The van der Waals surface area contributed by atoms with Gasteiger partial charge in [-0.25, -0.2) is 13.5 Å². The number of hydrogen-bond acceptors (Lipinski definition) is 6. The maximum absolute atomic E-state index is 12.0. The normalized spacial score (nSPS) is 10.8. The number of rotatable bonds is 7. The van der Waals surface area contributed by atoms with Crippen molar-refractivity contribution >= 4 is 27.5 Å². The molecule has 0 saturated heterocycles. The second kappa shape index (κ2) is 8.25. The summed E-state index contributed by atoms with van der Waals surface area (Å²) in [7, 11) is -3.38. The minimum atomic E-state index is -3.38. The molecule has 2 rings (SSSR count). The Kier molecular flexibility index (Phi) is 6.07. The Hall–Kier alpha value is -3.21. The summed E-state index contributed by atoms with van der Waals surface area (Å²) in [5, 5.41) is 10.9. The molecule has 10 nitrogen and oxygen atoms in total. The van der Waals surface area contributed by atoms with Crippen LogP contribution in [0.4, 0.5) is 5.69 Å². The molecule has 2 aromatic rings. The van der Waals surface area contributed by atoms with Gasteiger partial charge in [0.1, 0.15) is 5.69 Å². The van der Waals surface area contributed by atoms with Crippen LogP contribution in [-0.2, 0) is 10.0 Å². The summed E-state index contributed by atoms with van der Waals surface area (Å²) in [6.07, 6.45) is 1.03. The molecule has 0 bridgehead atoms. The van der Waals surface area contributed by atoms with Crippen LogP contribution >= 0.6 is 0 Å². The molecule has 26 heavy (non-hydrogen) atoms. The summed E-state index contributed by atoms with van der Waals surface area (Å²) in [5.41, 5.74) is 0.346. The highest BCUT2D eigenvalue weighted by Crippen LogP contribution is 2.10. The zero-order valence-corrected chi connectivity index (χ0v) is 14.6. The zero-order valence-electron chi connectivity index (χ0n) is 13.8. The highest BCUT2D eigenvalue weighted by Gasteiger charge is 2.08. The van der Waals surface area contributed by atoms with E-state index in [2.05, 4.69) is 25.6 Å². The molecular weight excluding hydrogens is 362 g/mol. The molecule has 0 aliphatic rings. The second-order valence-electron chi connectivity index (χ2n) is 5.27. The maximum atomic E-state index is 12.0. The van der Waals surface area contributed by atoms with Gasteiger partial charge in [0.05, 0.1) is 6.26 Å². The average Bonchev–Trinajstić information content (AvgIpc) is 2.58. The largest absolute Gasteiger partial charge is 0.350 e. The first kappa shape index (κ1) is 19.1. The van der Waals surface area contributed by atoms with Crippen molar-refractivity contribution < 1.29 is 18.0 Å². The zero-order chi connectivity index (χ0) is 19.2. The molecule has 0 fully saturated rings. The van der Waals surface area contributed by atoms with Gasteiger partial charge in [-0.1, -0.05) is 0 Å². The Morgan fingerprint density at radius 3 is 2.15 bits per heavy atom. The van der Waals surface area contributed by atoms with Crippen LogP contribution in [0.15, 0.2) is 41.2 Å². The summed E-state index contributed by atoms with van der Waals surface area (Å²) in [6, 6.07) is 8.38. The number of nitrogens with one attached hydrogen (secondary N) is 4. The number of aromatic nitrogens is 2. The van der Waals surface area contributed by atoms with Crippen molar-refractivity contribution in [2.24, 2.45) is 0 Å². The van der Waals surface area contributed by atoms with Gasteiger partial charge >= 0.3 is 0 Å². The number of nitrogens with zero attached hydrogens (tertiary/aromatic N) is 1. The second-order valence-corrected chi connectivity index (χ2v) is 7.02. The molecule has 1 aromatic carbocycles. The minimum Gasteiger partial charge on any atom is -0.350 e. The summed E-state index contributed by atoms with van der Waals surface area (Å²) >= 11 is 0. The predicted molar refractivity (Wildman–Crippen MR) is 94.4 cm³/mol. The van der Waals surface area contributed by atoms with E-state index in [9.17, 15) is 22.8 Å². The van der Waals surface area contributed by atoms with Crippen LogP contribution in [-0.4, -0.2) is 49.8 Å². The molecule has 2 amide bonds. The van der Waals surface area contributed by atoms with Gasteiger partial charge in [-0.2, -0.15) is 5.10 Å². The lowest BCUT2D eigenvalue weighted by atomic mass is 10.2. The van der Waals surface area contributed by atoms with Crippen LogP contribution in [0.3, 0.4) is 0 Å². The van der Waals surface area contributed by atoms with Crippen molar-refractivity contribution in [2.45, 2.75) is 0 Å². The first-order valence-corrected chi connectivity index (χ1v) is 9.34. The molecule has 0 atom stereocenters. The van der Waals surface area contributed by atoms with E-state index in [1.165, 1.54) is 36.4 Å². The van der Waals surface area contributed by atoms with Gasteiger partial charge in [0.25, 0.3) is 17.4 Å². The van der Waals surface area contributed by atoms with Gasteiger partial charge in [0.15, 0.2) is 0 Å². The van der Waals surface area contributed by atoms with Crippen LogP contribution < -0.4 is 20.9 Å². The molecule has 0 aliphatic heterocycles. The number of benzene rings is 1. The van der Waals surface area contributed by atoms with Crippen LogP contribution in [0, 0.1) is 0 Å². The number of amides is 2. The topological polar surface area (TPSA) is 150 Å². The van der Waals surface area contributed by atoms with E-state index in [1.807, 2.05) is 0 Å². The van der Waals surface area contributed by atoms with Crippen LogP contribution in [0.25, 0.3) is 0 Å². The van der Waals surface area contributed by atoms with E-state index in [4.69, 9.17) is 0 Å². The smallest absolute Gasteiger partial charge is 0.271 e. The third kappa shape index (κ3) is 6.02. The lowest BCUT2D eigenvalue weighted by molar-refractivity contribution is 0.0924. The Morgan fingerprint density at radius 2 is 1.62 bits per heavy atom. The fourth-order valence-electron chi connectivity index (χ4n) is 1.92. The molecule has 0 unspecified atom stereocenters. The highest BCUT2D eigenvalue weighted by molar-refractivity contribution is 7.92. The van der Waals surface area contributed by atoms with Gasteiger partial charge in [-0.05, 0) is 30.3 Å². The van der Waals surface area contributed by atoms with Crippen molar-refractivity contribution in [2.75, 3.05) is 24.1 Å². The Balaban J connectivity index is 1.78. The first-order valence-electron chi connectivity index (χ1n) is 7.44. The van der Waals surface area contributed by atoms with Crippen molar-refractivity contribution in [3.05, 3.63) is 58.0 Å². The quantitative estimate of drug-likeness (QED) is 0.467. The monoisotopic (exact) mass is 379 g/mol. The number of hydrogen-bond donors (Lipinski definition) is 4. The summed E-state index contributed by atoms with van der Waals surface area (Å²) in [5.74, 6) is -0.848. The van der Waals surface area contributed by atoms with Gasteiger partial charge in [0, 0.05) is 30.4 Å². The lowest BCUT2D eigenvalue weighted by Gasteiger charge is -2.08. The maximum Gasteiger partial charge on any atom is 0.271 e. The van der Waals surface area contributed by atoms with Gasteiger partial charge in [-0.3, -0.25) is 19.1 Å². The Morgan fingerprint density at radius 1 is 1.00 bits per heavy atom. The number of H-pyrrole nitrogens is 1. The molecule has 138 valence electrons. The SMILES string of the molecule is CS(=O)(=O)Nc1ccc(C(=O)NCCNC(=O)c2ccc(=O)[nH]n2)cc1. The summed E-state index contributed by atoms with van der Waals surface area (Å²) in [6.45, 7) is 0.344. The predicted octanol–water partition coefficient (Wildman–Crippen LogP) is -0.699. The standard InChI is InChI=1S/C15H17N5O5S/c1-26(24,25)20-11-4-2-10(3-5-11)14(22)16-8-9-17-15(23)12-6-7-13(21)19-18-12/h2-7,20H,8-9H2,1H3,(H,16,22)(H,17,23)(H,19,21). The first-order chi connectivity index (χ1) is 12.2. The molecule has 0 saturated carbocycles. The Labute approximate surface area is 149 Å². The third-order valence-corrected chi connectivity index (χ3v) is 3.66. The van der Waals surface area contributed by atoms with Crippen LogP contribution in [0.2, 0.25) is 0 Å². The number of aromatic amines is 1. The van der Waals surface area contributed by atoms with E-state index >= 15 is 0 Å². The van der Waals surface area contributed by atoms with Crippen LogP contribution in [0.5, 0.6) is 0 Å². The van der Waals surface area contributed by atoms with Crippen molar-refractivity contribution in [1.29, 1.82) is 0 Å². The molecule has 4 N–H and O–H groups in total. The number of anilines is 1. The molecule has 1 aromatic heterocycles. The number of carbonyl (C=O) groups excluding carboxylic acids is 2.